The van der Waals surface area contributed by atoms with Crippen molar-refractivity contribution in [1.29, 1.82) is 0 Å². The van der Waals surface area contributed by atoms with Crippen LogP contribution in [0, 0.1) is 17.8 Å². The molecule has 2 aliphatic carbocycles. The highest BCUT2D eigenvalue weighted by Crippen LogP contribution is 2.39. The molecule has 86 valence electrons. The predicted molar refractivity (Wildman–Crippen MR) is 63.6 cm³/mol. The topological polar surface area (TPSA) is 20.2 Å². The van der Waals surface area contributed by atoms with Gasteiger partial charge in [0, 0.05) is 0 Å². The van der Waals surface area contributed by atoms with Gasteiger partial charge in [-0.1, -0.05) is 25.5 Å². The second-order valence-corrected chi connectivity index (χ2v) is 5.67. The summed E-state index contributed by atoms with van der Waals surface area (Å²) in [7, 11) is 0. The van der Waals surface area contributed by atoms with Crippen molar-refractivity contribution in [3.8, 4) is 0 Å². The molecule has 1 heteroatoms. The first-order valence-electron chi connectivity index (χ1n) is 6.55. The van der Waals surface area contributed by atoms with Crippen LogP contribution in [0.2, 0.25) is 0 Å². The maximum Gasteiger partial charge on any atom is 0.0723 e. The molecule has 0 bridgehead atoms. The molecule has 4 unspecified atom stereocenters. The summed E-state index contributed by atoms with van der Waals surface area (Å²) in [5, 5.41) is 9.65. The molecule has 0 aromatic carbocycles. The summed E-state index contributed by atoms with van der Waals surface area (Å²) >= 11 is 0. The normalized spacial score (nSPS) is 42.5. The molecule has 1 saturated carbocycles. The molecule has 1 N–H and O–H groups in total. The summed E-state index contributed by atoms with van der Waals surface area (Å²) in [6.45, 7) is 4.77. The van der Waals surface area contributed by atoms with Crippen LogP contribution in [0.3, 0.4) is 0 Å². The van der Waals surface area contributed by atoms with Gasteiger partial charge in [0.25, 0.3) is 0 Å². The molecular formula is C14H24O. The first-order chi connectivity index (χ1) is 7.16. The highest BCUT2D eigenvalue weighted by Gasteiger charge is 2.27. The maximum absolute atomic E-state index is 9.65. The van der Waals surface area contributed by atoms with Crippen molar-refractivity contribution in [2.45, 2.75) is 58.5 Å². The number of aliphatic hydroxyl groups excluding tert-OH is 1. The standard InChI is InChI=1S/C14H24O/c1-10-6-7-13(8-11(10)2)12-4-3-5-14(15)9-12/h9-11,13-15H,3-8H2,1-2H3. The Morgan fingerprint density at radius 2 is 1.93 bits per heavy atom. The highest BCUT2D eigenvalue weighted by molar-refractivity contribution is 5.13. The van der Waals surface area contributed by atoms with Gasteiger partial charge in [-0.25, -0.2) is 0 Å². The van der Waals surface area contributed by atoms with E-state index in [0.717, 1.165) is 24.2 Å². The van der Waals surface area contributed by atoms with Crippen LogP contribution in [-0.4, -0.2) is 11.2 Å². The number of aliphatic hydroxyl groups is 1. The van der Waals surface area contributed by atoms with E-state index in [1.54, 1.807) is 5.57 Å². The number of hydrogen-bond donors (Lipinski definition) is 1. The fourth-order valence-corrected chi connectivity index (χ4v) is 3.15. The zero-order valence-electron chi connectivity index (χ0n) is 10.1. The Balaban J connectivity index is 1.99. The van der Waals surface area contributed by atoms with E-state index >= 15 is 0 Å². The van der Waals surface area contributed by atoms with Gasteiger partial charge >= 0.3 is 0 Å². The van der Waals surface area contributed by atoms with Crippen LogP contribution in [0.4, 0.5) is 0 Å². The predicted octanol–water partition coefficient (Wildman–Crippen LogP) is 3.53. The molecule has 0 amide bonds. The van der Waals surface area contributed by atoms with Crippen molar-refractivity contribution < 1.29 is 5.11 Å². The van der Waals surface area contributed by atoms with Gasteiger partial charge in [-0.15, -0.1) is 0 Å². The first kappa shape index (κ1) is 11.2. The first-order valence-corrected chi connectivity index (χ1v) is 6.55. The second kappa shape index (κ2) is 4.69. The summed E-state index contributed by atoms with van der Waals surface area (Å²) in [4.78, 5) is 0. The third kappa shape index (κ3) is 2.63. The van der Waals surface area contributed by atoms with E-state index in [-0.39, 0.29) is 6.10 Å². The van der Waals surface area contributed by atoms with E-state index in [1.807, 2.05) is 0 Å². The Kier molecular flexibility index (Phi) is 3.50. The van der Waals surface area contributed by atoms with Crippen LogP contribution < -0.4 is 0 Å². The Hall–Kier alpha value is -0.300. The molecule has 0 radical (unpaired) electrons. The average Bonchev–Trinajstić information content (AvgIpc) is 2.22. The lowest BCUT2D eigenvalue weighted by Gasteiger charge is -2.35. The Morgan fingerprint density at radius 1 is 1.13 bits per heavy atom. The Labute approximate surface area is 93.6 Å². The van der Waals surface area contributed by atoms with Crippen LogP contribution in [0.15, 0.2) is 11.6 Å². The molecule has 4 atom stereocenters. The molecule has 0 heterocycles. The average molecular weight is 208 g/mol. The van der Waals surface area contributed by atoms with Crippen LogP contribution in [0.5, 0.6) is 0 Å². The minimum Gasteiger partial charge on any atom is -0.389 e. The Morgan fingerprint density at radius 3 is 2.60 bits per heavy atom. The third-order valence-electron chi connectivity index (χ3n) is 4.49. The molecule has 0 aromatic heterocycles. The van der Waals surface area contributed by atoms with Crippen molar-refractivity contribution in [1.82, 2.24) is 0 Å². The van der Waals surface area contributed by atoms with Gasteiger partial charge in [0.15, 0.2) is 0 Å². The number of rotatable bonds is 1. The van der Waals surface area contributed by atoms with E-state index < -0.39 is 0 Å². The van der Waals surface area contributed by atoms with Crippen LogP contribution >= 0.6 is 0 Å². The zero-order chi connectivity index (χ0) is 10.8. The van der Waals surface area contributed by atoms with Crippen molar-refractivity contribution in [2.24, 2.45) is 17.8 Å². The van der Waals surface area contributed by atoms with Gasteiger partial charge in [-0.05, 0) is 56.3 Å². The lowest BCUT2D eigenvalue weighted by molar-refractivity contribution is 0.188. The largest absolute Gasteiger partial charge is 0.389 e. The third-order valence-corrected chi connectivity index (χ3v) is 4.49. The monoisotopic (exact) mass is 208 g/mol. The van der Waals surface area contributed by atoms with E-state index in [9.17, 15) is 5.11 Å². The molecular weight excluding hydrogens is 184 g/mol. The summed E-state index contributed by atoms with van der Waals surface area (Å²) in [5.74, 6) is 2.55. The van der Waals surface area contributed by atoms with Gasteiger partial charge in [-0.2, -0.15) is 0 Å². The summed E-state index contributed by atoms with van der Waals surface area (Å²) in [5.41, 5.74) is 1.56. The summed E-state index contributed by atoms with van der Waals surface area (Å²) < 4.78 is 0. The fraction of sp³-hybridized carbons (Fsp3) is 0.857. The minimum atomic E-state index is -0.150. The van der Waals surface area contributed by atoms with Crippen molar-refractivity contribution >= 4 is 0 Å². The molecule has 1 nitrogen and oxygen atoms in total. The zero-order valence-corrected chi connectivity index (χ0v) is 10.1. The number of hydrogen-bond acceptors (Lipinski definition) is 1. The van der Waals surface area contributed by atoms with Gasteiger partial charge in [0.2, 0.25) is 0 Å². The summed E-state index contributed by atoms with van der Waals surface area (Å²) in [6, 6.07) is 0. The highest BCUT2D eigenvalue weighted by atomic mass is 16.3. The van der Waals surface area contributed by atoms with Gasteiger partial charge < -0.3 is 5.11 Å². The van der Waals surface area contributed by atoms with E-state index in [1.165, 1.54) is 32.1 Å². The van der Waals surface area contributed by atoms with Gasteiger partial charge in [0.1, 0.15) is 0 Å². The van der Waals surface area contributed by atoms with E-state index in [4.69, 9.17) is 0 Å². The SMILES string of the molecule is CC1CCC(C2=CC(O)CCC2)CC1C. The molecule has 2 rings (SSSR count). The van der Waals surface area contributed by atoms with Crippen LogP contribution in [0.25, 0.3) is 0 Å². The lowest BCUT2D eigenvalue weighted by atomic mass is 9.71. The van der Waals surface area contributed by atoms with Crippen molar-refractivity contribution in [3.05, 3.63) is 11.6 Å². The fourth-order valence-electron chi connectivity index (χ4n) is 3.15. The van der Waals surface area contributed by atoms with Gasteiger partial charge in [0.05, 0.1) is 6.10 Å². The minimum absolute atomic E-state index is 0.150. The van der Waals surface area contributed by atoms with Crippen LogP contribution in [0.1, 0.15) is 52.4 Å². The van der Waals surface area contributed by atoms with E-state index in [0.29, 0.717) is 0 Å². The smallest absolute Gasteiger partial charge is 0.0723 e. The van der Waals surface area contributed by atoms with Crippen LogP contribution in [-0.2, 0) is 0 Å². The summed E-state index contributed by atoms with van der Waals surface area (Å²) in [6.07, 6.45) is 9.47. The van der Waals surface area contributed by atoms with Gasteiger partial charge in [-0.3, -0.25) is 0 Å². The van der Waals surface area contributed by atoms with Crippen molar-refractivity contribution in [2.75, 3.05) is 0 Å². The van der Waals surface area contributed by atoms with E-state index in [2.05, 4.69) is 19.9 Å². The molecule has 0 aromatic rings. The second-order valence-electron chi connectivity index (χ2n) is 5.67. The molecule has 15 heavy (non-hydrogen) atoms. The Bertz CT molecular complexity index is 244. The lowest BCUT2D eigenvalue weighted by Crippen LogP contribution is -2.24. The molecule has 0 aliphatic heterocycles. The molecule has 0 saturated heterocycles. The maximum atomic E-state index is 9.65. The molecule has 0 spiro atoms. The quantitative estimate of drug-likeness (QED) is 0.654. The number of allylic oxidation sites excluding steroid dienone is 1. The van der Waals surface area contributed by atoms with Crippen molar-refractivity contribution in [3.63, 3.8) is 0 Å². The molecule has 1 fully saturated rings. The molecule has 2 aliphatic rings.